The first-order valence-electron chi connectivity index (χ1n) is 8.36. The van der Waals surface area contributed by atoms with Crippen LogP contribution in [0.5, 0.6) is 11.5 Å². The van der Waals surface area contributed by atoms with Gasteiger partial charge in [0.15, 0.2) is 17.7 Å². The number of carbonyl (C=O) groups is 1. The largest absolute Gasteiger partial charge is 0.485 e. The van der Waals surface area contributed by atoms with E-state index in [1.165, 1.54) is 0 Å². The Hall–Kier alpha value is -3.34. The van der Waals surface area contributed by atoms with E-state index in [9.17, 15) is 4.79 Å². The van der Waals surface area contributed by atoms with Crippen molar-refractivity contribution in [2.75, 3.05) is 5.32 Å². The van der Waals surface area contributed by atoms with Gasteiger partial charge in [0.05, 0.1) is 0 Å². The maximum atomic E-state index is 12.4. The zero-order chi connectivity index (χ0) is 18.2. The molecule has 3 rings (SSSR count). The minimum Gasteiger partial charge on any atom is -0.485 e. The first kappa shape index (κ1) is 17.5. The molecule has 1 aromatic heterocycles. The van der Waals surface area contributed by atoms with Crippen molar-refractivity contribution in [2.45, 2.75) is 19.6 Å². The van der Waals surface area contributed by atoms with Gasteiger partial charge in [0.1, 0.15) is 12.4 Å². The van der Waals surface area contributed by atoms with Crippen LogP contribution < -0.4 is 14.8 Å². The van der Waals surface area contributed by atoms with E-state index < -0.39 is 6.10 Å². The van der Waals surface area contributed by atoms with Crippen molar-refractivity contribution >= 4 is 11.7 Å². The van der Waals surface area contributed by atoms with Crippen LogP contribution in [0.2, 0.25) is 0 Å². The zero-order valence-electron chi connectivity index (χ0n) is 14.5. The van der Waals surface area contributed by atoms with Crippen molar-refractivity contribution < 1.29 is 14.3 Å². The molecule has 1 N–H and O–H groups in total. The molecule has 0 aliphatic carbocycles. The molecule has 0 saturated heterocycles. The zero-order valence-corrected chi connectivity index (χ0v) is 14.5. The van der Waals surface area contributed by atoms with E-state index in [2.05, 4.69) is 10.3 Å². The third-order valence-electron chi connectivity index (χ3n) is 3.67. The van der Waals surface area contributed by atoms with Crippen LogP contribution in [0.3, 0.4) is 0 Å². The van der Waals surface area contributed by atoms with E-state index in [4.69, 9.17) is 9.47 Å². The summed E-state index contributed by atoms with van der Waals surface area (Å²) in [6.07, 6.45) is 0.939. The number of ether oxygens (including phenoxy) is 2. The summed E-state index contributed by atoms with van der Waals surface area (Å²) in [5.74, 6) is 1.22. The van der Waals surface area contributed by atoms with Crippen LogP contribution in [0.15, 0.2) is 79.0 Å². The Morgan fingerprint density at radius 1 is 1.00 bits per heavy atom. The van der Waals surface area contributed by atoms with Crippen molar-refractivity contribution in [1.29, 1.82) is 0 Å². The molecule has 0 spiro atoms. The lowest BCUT2D eigenvalue weighted by Gasteiger charge is -2.16. The highest BCUT2D eigenvalue weighted by atomic mass is 16.5. The molecule has 5 heteroatoms. The standard InChI is InChI=1S/C21H20N2O3/c1-16(26-18-11-6-3-7-12-18)21(24)23-20-19(13-8-14-22-20)25-15-17-9-4-2-5-10-17/h2-14,16H,15H2,1H3,(H,22,23,24). The van der Waals surface area contributed by atoms with Gasteiger partial charge in [-0.2, -0.15) is 0 Å². The summed E-state index contributed by atoms with van der Waals surface area (Å²) in [5.41, 5.74) is 1.04. The Labute approximate surface area is 152 Å². The molecule has 5 nitrogen and oxygen atoms in total. The SMILES string of the molecule is CC(Oc1ccccc1)C(=O)Nc1ncccc1OCc1ccccc1. The molecule has 0 fully saturated rings. The van der Waals surface area contributed by atoms with Gasteiger partial charge >= 0.3 is 0 Å². The van der Waals surface area contributed by atoms with Crippen LogP contribution in [0.1, 0.15) is 12.5 Å². The van der Waals surface area contributed by atoms with Crippen molar-refractivity contribution in [3.63, 3.8) is 0 Å². The van der Waals surface area contributed by atoms with Gasteiger partial charge in [0.2, 0.25) is 0 Å². The molecule has 0 aliphatic rings. The number of para-hydroxylation sites is 1. The molecule has 1 unspecified atom stereocenters. The molecule has 0 aliphatic heterocycles. The molecule has 2 aromatic carbocycles. The quantitative estimate of drug-likeness (QED) is 0.699. The van der Waals surface area contributed by atoms with Crippen molar-refractivity contribution in [3.8, 4) is 11.5 Å². The predicted octanol–water partition coefficient (Wildman–Crippen LogP) is 4.07. The average molecular weight is 348 g/mol. The van der Waals surface area contributed by atoms with Crippen LogP contribution in [0.4, 0.5) is 5.82 Å². The number of nitrogens with one attached hydrogen (secondary N) is 1. The first-order valence-corrected chi connectivity index (χ1v) is 8.36. The lowest BCUT2D eigenvalue weighted by molar-refractivity contribution is -0.122. The number of hydrogen-bond donors (Lipinski definition) is 1. The number of nitrogens with zero attached hydrogens (tertiary/aromatic N) is 1. The van der Waals surface area contributed by atoms with Crippen LogP contribution in [-0.4, -0.2) is 17.0 Å². The fraction of sp³-hybridized carbons (Fsp3) is 0.143. The fourth-order valence-electron chi connectivity index (χ4n) is 2.31. The van der Waals surface area contributed by atoms with Crippen molar-refractivity contribution in [1.82, 2.24) is 4.98 Å². The van der Waals surface area contributed by atoms with E-state index in [1.807, 2.05) is 48.5 Å². The third kappa shape index (κ3) is 4.83. The Morgan fingerprint density at radius 2 is 1.69 bits per heavy atom. The summed E-state index contributed by atoms with van der Waals surface area (Å²) >= 11 is 0. The highest BCUT2D eigenvalue weighted by Gasteiger charge is 2.17. The summed E-state index contributed by atoms with van der Waals surface area (Å²) < 4.78 is 11.4. The monoisotopic (exact) mass is 348 g/mol. The molecule has 1 amide bonds. The number of benzene rings is 2. The molecule has 0 saturated carbocycles. The van der Waals surface area contributed by atoms with Gasteiger partial charge < -0.3 is 14.8 Å². The van der Waals surface area contributed by atoms with E-state index in [0.29, 0.717) is 23.9 Å². The number of rotatable bonds is 7. The maximum absolute atomic E-state index is 12.4. The highest BCUT2D eigenvalue weighted by molar-refractivity contribution is 5.94. The molecule has 26 heavy (non-hydrogen) atoms. The topological polar surface area (TPSA) is 60.5 Å². The minimum absolute atomic E-state index is 0.294. The molecule has 132 valence electrons. The number of pyridine rings is 1. The molecular weight excluding hydrogens is 328 g/mol. The lowest BCUT2D eigenvalue weighted by Crippen LogP contribution is -2.30. The lowest BCUT2D eigenvalue weighted by atomic mass is 10.2. The second-order valence-corrected chi connectivity index (χ2v) is 5.69. The van der Waals surface area contributed by atoms with E-state index in [1.54, 1.807) is 37.4 Å². The second-order valence-electron chi connectivity index (χ2n) is 5.69. The van der Waals surface area contributed by atoms with Crippen molar-refractivity contribution in [2.24, 2.45) is 0 Å². The van der Waals surface area contributed by atoms with Gasteiger partial charge in [-0.1, -0.05) is 48.5 Å². The number of amides is 1. The van der Waals surface area contributed by atoms with Gasteiger partial charge in [-0.3, -0.25) is 4.79 Å². The Bertz CT molecular complexity index is 838. The number of carbonyl (C=O) groups excluding carboxylic acids is 1. The van der Waals surface area contributed by atoms with Gasteiger partial charge in [0, 0.05) is 6.20 Å². The van der Waals surface area contributed by atoms with Gasteiger partial charge in [0.25, 0.3) is 5.91 Å². The Morgan fingerprint density at radius 3 is 2.42 bits per heavy atom. The minimum atomic E-state index is -0.665. The van der Waals surface area contributed by atoms with E-state index >= 15 is 0 Å². The van der Waals surface area contributed by atoms with Crippen LogP contribution >= 0.6 is 0 Å². The van der Waals surface area contributed by atoms with Gasteiger partial charge in [-0.15, -0.1) is 0 Å². The van der Waals surface area contributed by atoms with Gasteiger partial charge in [-0.25, -0.2) is 4.98 Å². The summed E-state index contributed by atoms with van der Waals surface area (Å²) in [5, 5.41) is 2.77. The number of hydrogen-bond acceptors (Lipinski definition) is 4. The molecule has 0 bridgehead atoms. The second kappa shape index (κ2) is 8.67. The van der Waals surface area contributed by atoms with Crippen LogP contribution in [-0.2, 0) is 11.4 Å². The smallest absolute Gasteiger partial charge is 0.266 e. The molecule has 0 radical (unpaired) electrons. The van der Waals surface area contributed by atoms with Crippen LogP contribution in [0.25, 0.3) is 0 Å². The molecule has 1 atom stereocenters. The normalized spacial score (nSPS) is 11.4. The Balaban J connectivity index is 1.63. The van der Waals surface area contributed by atoms with E-state index in [-0.39, 0.29) is 5.91 Å². The molecule has 3 aromatic rings. The summed E-state index contributed by atoms with van der Waals surface area (Å²) in [7, 11) is 0. The van der Waals surface area contributed by atoms with Crippen molar-refractivity contribution in [3.05, 3.63) is 84.6 Å². The first-order chi connectivity index (χ1) is 12.7. The third-order valence-corrected chi connectivity index (χ3v) is 3.67. The summed E-state index contributed by atoms with van der Waals surface area (Å²) in [6.45, 7) is 2.08. The maximum Gasteiger partial charge on any atom is 0.266 e. The number of anilines is 1. The Kier molecular flexibility index (Phi) is 5.83. The predicted molar refractivity (Wildman–Crippen MR) is 100 cm³/mol. The summed E-state index contributed by atoms with van der Waals surface area (Å²) in [4.78, 5) is 16.6. The fourth-order valence-corrected chi connectivity index (χ4v) is 2.31. The van der Waals surface area contributed by atoms with E-state index in [0.717, 1.165) is 5.56 Å². The molecule has 1 heterocycles. The average Bonchev–Trinajstić information content (AvgIpc) is 2.69. The van der Waals surface area contributed by atoms with Gasteiger partial charge in [-0.05, 0) is 36.8 Å². The highest BCUT2D eigenvalue weighted by Crippen LogP contribution is 2.22. The summed E-state index contributed by atoms with van der Waals surface area (Å²) in [6, 6.07) is 22.6. The van der Waals surface area contributed by atoms with Crippen LogP contribution in [0, 0.1) is 0 Å². The number of aromatic nitrogens is 1. The molecular formula is C21H20N2O3.